The molecule has 0 bridgehead atoms. The van der Waals surface area contributed by atoms with E-state index in [1.165, 1.54) is 50.9 Å². The zero-order chi connectivity index (χ0) is 14.9. The SMILES string of the molecule is NC(C=Cc1ccccc1CCCN1CCCCC1)=NO. The van der Waals surface area contributed by atoms with Crippen molar-refractivity contribution in [3.8, 4) is 0 Å². The maximum absolute atomic E-state index is 8.57. The van der Waals surface area contributed by atoms with E-state index in [9.17, 15) is 0 Å². The highest BCUT2D eigenvalue weighted by molar-refractivity contribution is 5.94. The van der Waals surface area contributed by atoms with Crippen LogP contribution in [0.2, 0.25) is 0 Å². The van der Waals surface area contributed by atoms with Crippen LogP contribution in [0.5, 0.6) is 0 Å². The van der Waals surface area contributed by atoms with Crippen LogP contribution in [-0.2, 0) is 6.42 Å². The van der Waals surface area contributed by atoms with Crippen LogP contribution in [0.25, 0.3) is 6.08 Å². The quantitative estimate of drug-likeness (QED) is 0.366. The predicted molar refractivity (Wildman–Crippen MR) is 87.5 cm³/mol. The van der Waals surface area contributed by atoms with Gasteiger partial charge in [0.1, 0.15) is 0 Å². The summed E-state index contributed by atoms with van der Waals surface area (Å²) in [5.41, 5.74) is 7.93. The molecule has 1 heterocycles. The molecule has 0 aliphatic carbocycles. The van der Waals surface area contributed by atoms with Gasteiger partial charge in [0.2, 0.25) is 0 Å². The summed E-state index contributed by atoms with van der Waals surface area (Å²) in [7, 11) is 0. The smallest absolute Gasteiger partial charge is 0.162 e. The molecule has 1 saturated heterocycles. The summed E-state index contributed by atoms with van der Waals surface area (Å²) in [5.74, 6) is 0.123. The summed E-state index contributed by atoms with van der Waals surface area (Å²) in [6.07, 6.45) is 9.85. The van der Waals surface area contributed by atoms with Crippen LogP contribution in [0, 0.1) is 0 Å². The van der Waals surface area contributed by atoms with Crippen molar-refractivity contribution in [3.05, 3.63) is 41.5 Å². The Morgan fingerprint density at radius 2 is 2.00 bits per heavy atom. The molecule has 0 unspecified atom stereocenters. The van der Waals surface area contributed by atoms with Crippen LogP contribution < -0.4 is 5.73 Å². The van der Waals surface area contributed by atoms with Crippen LogP contribution >= 0.6 is 0 Å². The van der Waals surface area contributed by atoms with Gasteiger partial charge in [0.05, 0.1) is 0 Å². The van der Waals surface area contributed by atoms with Gasteiger partial charge in [-0.3, -0.25) is 0 Å². The molecule has 4 heteroatoms. The normalized spacial score (nSPS) is 17.4. The zero-order valence-electron chi connectivity index (χ0n) is 12.5. The molecule has 1 aliphatic heterocycles. The second-order valence-electron chi connectivity index (χ2n) is 5.56. The highest BCUT2D eigenvalue weighted by Crippen LogP contribution is 2.15. The summed E-state index contributed by atoms with van der Waals surface area (Å²) in [4.78, 5) is 2.57. The Morgan fingerprint density at radius 1 is 1.24 bits per heavy atom. The molecule has 1 aliphatic rings. The van der Waals surface area contributed by atoms with Gasteiger partial charge in [0.15, 0.2) is 5.84 Å². The summed E-state index contributed by atoms with van der Waals surface area (Å²) < 4.78 is 0. The minimum absolute atomic E-state index is 0.123. The van der Waals surface area contributed by atoms with Gasteiger partial charge in [0, 0.05) is 0 Å². The Kier molecular flexibility index (Phi) is 6.28. The highest BCUT2D eigenvalue weighted by atomic mass is 16.4. The van der Waals surface area contributed by atoms with Crippen molar-refractivity contribution in [3.63, 3.8) is 0 Å². The Labute approximate surface area is 126 Å². The molecule has 4 nitrogen and oxygen atoms in total. The number of aryl methyl sites for hydroxylation is 1. The van der Waals surface area contributed by atoms with Crippen molar-refractivity contribution >= 4 is 11.9 Å². The summed E-state index contributed by atoms with van der Waals surface area (Å²) in [6, 6.07) is 8.30. The van der Waals surface area contributed by atoms with Crippen molar-refractivity contribution < 1.29 is 5.21 Å². The molecule has 0 amide bonds. The van der Waals surface area contributed by atoms with Crippen molar-refractivity contribution in [2.45, 2.75) is 32.1 Å². The maximum Gasteiger partial charge on any atom is 0.162 e. The predicted octanol–water partition coefficient (Wildman–Crippen LogP) is 2.86. The number of nitrogens with zero attached hydrogens (tertiary/aromatic N) is 2. The fourth-order valence-corrected chi connectivity index (χ4v) is 2.81. The summed E-state index contributed by atoms with van der Waals surface area (Å²) in [5, 5.41) is 11.5. The van der Waals surface area contributed by atoms with E-state index in [2.05, 4.69) is 28.3 Å². The highest BCUT2D eigenvalue weighted by Gasteiger charge is 2.09. The molecule has 0 radical (unpaired) electrons. The second kappa shape index (κ2) is 8.47. The van der Waals surface area contributed by atoms with Gasteiger partial charge in [0.25, 0.3) is 0 Å². The molecule has 0 aromatic heterocycles. The summed E-state index contributed by atoms with van der Waals surface area (Å²) >= 11 is 0. The van der Waals surface area contributed by atoms with E-state index in [-0.39, 0.29) is 5.84 Å². The number of piperidine rings is 1. The molecule has 1 aromatic rings. The molecule has 0 atom stereocenters. The van der Waals surface area contributed by atoms with E-state index in [1.54, 1.807) is 6.08 Å². The molecular weight excluding hydrogens is 262 g/mol. The third-order valence-electron chi connectivity index (χ3n) is 3.97. The fourth-order valence-electron chi connectivity index (χ4n) is 2.81. The Bertz CT molecular complexity index is 491. The average Bonchev–Trinajstić information content (AvgIpc) is 2.54. The molecule has 114 valence electrons. The molecule has 1 aromatic carbocycles. The largest absolute Gasteiger partial charge is 0.409 e. The van der Waals surface area contributed by atoms with Crippen molar-refractivity contribution in [2.24, 2.45) is 10.9 Å². The third kappa shape index (κ3) is 5.23. The summed E-state index contributed by atoms with van der Waals surface area (Å²) in [6.45, 7) is 3.69. The number of rotatable bonds is 6. The standard InChI is InChI=1S/C17H25N3O/c18-17(19-21)11-10-16-8-3-2-7-15(16)9-6-14-20-12-4-1-5-13-20/h2-3,7-8,10-11,21H,1,4-6,9,12-14H2,(H2,18,19). The lowest BCUT2D eigenvalue weighted by atomic mass is 10.0. The van der Waals surface area contributed by atoms with Crippen LogP contribution in [0.3, 0.4) is 0 Å². The van der Waals surface area contributed by atoms with Crippen molar-refractivity contribution in [2.75, 3.05) is 19.6 Å². The van der Waals surface area contributed by atoms with E-state index < -0.39 is 0 Å². The first-order chi connectivity index (χ1) is 10.3. The molecule has 0 spiro atoms. The molecule has 21 heavy (non-hydrogen) atoms. The lowest BCUT2D eigenvalue weighted by Crippen LogP contribution is -2.30. The first-order valence-electron chi connectivity index (χ1n) is 7.75. The number of benzene rings is 1. The number of nitrogens with two attached hydrogens (primary N) is 1. The van der Waals surface area contributed by atoms with Gasteiger partial charge in [-0.15, -0.1) is 0 Å². The van der Waals surface area contributed by atoms with Gasteiger partial charge in [-0.05, 0) is 62.5 Å². The lowest BCUT2D eigenvalue weighted by molar-refractivity contribution is 0.226. The van der Waals surface area contributed by atoms with Crippen LogP contribution in [0.1, 0.15) is 36.8 Å². The van der Waals surface area contributed by atoms with Gasteiger partial charge in [-0.1, -0.05) is 41.9 Å². The monoisotopic (exact) mass is 287 g/mol. The minimum atomic E-state index is 0.123. The van der Waals surface area contributed by atoms with E-state index in [0.717, 1.165) is 12.0 Å². The molecule has 3 N–H and O–H groups in total. The van der Waals surface area contributed by atoms with Crippen LogP contribution in [0.15, 0.2) is 35.5 Å². The van der Waals surface area contributed by atoms with Crippen LogP contribution in [0.4, 0.5) is 0 Å². The second-order valence-corrected chi connectivity index (χ2v) is 5.56. The van der Waals surface area contributed by atoms with E-state index in [1.807, 2.05) is 12.1 Å². The van der Waals surface area contributed by atoms with E-state index in [4.69, 9.17) is 10.9 Å². The van der Waals surface area contributed by atoms with Gasteiger partial charge >= 0.3 is 0 Å². The van der Waals surface area contributed by atoms with Gasteiger partial charge in [-0.25, -0.2) is 0 Å². The molecular formula is C17H25N3O. The average molecular weight is 287 g/mol. The zero-order valence-corrected chi connectivity index (χ0v) is 12.5. The Morgan fingerprint density at radius 3 is 2.76 bits per heavy atom. The van der Waals surface area contributed by atoms with Crippen molar-refractivity contribution in [1.82, 2.24) is 4.90 Å². The lowest BCUT2D eigenvalue weighted by Gasteiger charge is -2.26. The first kappa shape index (κ1) is 15.6. The van der Waals surface area contributed by atoms with Crippen LogP contribution in [-0.4, -0.2) is 35.6 Å². The topological polar surface area (TPSA) is 61.8 Å². The fraction of sp³-hybridized carbons (Fsp3) is 0.471. The maximum atomic E-state index is 8.57. The first-order valence-corrected chi connectivity index (χ1v) is 7.75. The number of oxime groups is 1. The minimum Gasteiger partial charge on any atom is -0.409 e. The third-order valence-corrected chi connectivity index (χ3v) is 3.97. The van der Waals surface area contributed by atoms with E-state index >= 15 is 0 Å². The number of likely N-dealkylation sites (tertiary alicyclic amines) is 1. The number of hydrogen-bond acceptors (Lipinski definition) is 3. The number of hydrogen-bond donors (Lipinski definition) is 2. The number of amidine groups is 1. The Balaban J connectivity index is 1.88. The molecule has 2 rings (SSSR count). The molecule has 0 saturated carbocycles. The van der Waals surface area contributed by atoms with Gasteiger partial charge in [-0.2, -0.15) is 0 Å². The Hall–Kier alpha value is -1.81. The molecule has 1 fully saturated rings. The van der Waals surface area contributed by atoms with Gasteiger partial charge < -0.3 is 15.8 Å². The van der Waals surface area contributed by atoms with E-state index in [0.29, 0.717) is 0 Å². The van der Waals surface area contributed by atoms with Crippen molar-refractivity contribution in [1.29, 1.82) is 0 Å².